The molecular formula is C26H28O8S2. The highest BCUT2D eigenvalue weighted by atomic mass is 32.2. The van der Waals surface area contributed by atoms with Crippen LogP contribution in [-0.4, -0.2) is 42.1 Å². The summed E-state index contributed by atoms with van der Waals surface area (Å²) < 4.78 is 65.4. The number of hydrogen-bond donors (Lipinski definition) is 0. The summed E-state index contributed by atoms with van der Waals surface area (Å²) in [4.78, 5) is 12.7. The maximum atomic E-state index is 12.7. The minimum atomic E-state index is -4.21. The Morgan fingerprint density at radius 2 is 1.19 bits per heavy atom. The van der Waals surface area contributed by atoms with Crippen LogP contribution >= 0.6 is 0 Å². The summed E-state index contributed by atoms with van der Waals surface area (Å²) in [5.41, 5.74) is 0.969. The second-order valence-electron chi connectivity index (χ2n) is 7.84. The molecule has 8 nitrogen and oxygen atoms in total. The van der Waals surface area contributed by atoms with Crippen LogP contribution in [0.5, 0.6) is 0 Å². The van der Waals surface area contributed by atoms with Gasteiger partial charge in [-0.25, -0.2) is 4.79 Å². The standard InChI is InChI=1S/C26H28O8S2/c27-26(32-21-19-22-12-4-1-5-13-22)25(34-36(30,31)24-16-8-3-9-17-24)18-10-11-20-33-35(28,29)23-14-6-2-7-15-23/h1-9,12-17,25H,10-11,18-21H2. The molecule has 0 spiro atoms. The quantitative estimate of drug-likeness (QED) is 0.173. The Hall–Kier alpha value is -3.05. The predicted octanol–water partition coefficient (Wildman–Crippen LogP) is 4.12. The first-order valence-corrected chi connectivity index (χ1v) is 14.2. The molecular weight excluding hydrogens is 504 g/mol. The predicted molar refractivity (Wildman–Crippen MR) is 133 cm³/mol. The largest absolute Gasteiger partial charge is 0.463 e. The summed E-state index contributed by atoms with van der Waals surface area (Å²) in [6.45, 7) is -0.0645. The van der Waals surface area contributed by atoms with Gasteiger partial charge < -0.3 is 4.74 Å². The van der Waals surface area contributed by atoms with Gasteiger partial charge in [0, 0.05) is 6.42 Å². The van der Waals surface area contributed by atoms with Crippen LogP contribution < -0.4 is 0 Å². The van der Waals surface area contributed by atoms with E-state index in [2.05, 4.69) is 0 Å². The van der Waals surface area contributed by atoms with E-state index in [4.69, 9.17) is 13.1 Å². The fourth-order valence-corrected chi connectivity index (χ4v) is 5.31. The van der Waals surface area contributed by atoms with E-state index in [1.165, 1.54) is 24.3 Å². The fourth-order valence-electron chi connectivity index (χ4n) is 3.26. The van der Waals surface area contributed by atoms with E-state index in [0.29, 0.717) is 6.42 Å². The normalized spacial score (nSPS) is 12.7. The van der Waals surface area contributed by atoms with Crippen LogP contribution in [0.15, 0.2) is 101 Å². The van der Waals surface area contributed by atoms with Gasteiger partial charge in [-0.05, 0) is 49.1 Å². The van der Waals surface area contributed by atoms with Crippen LogP contribution in [0.1, 0.15) is 24.8 Å². The Morgan fingerprint density at radius 3 is 1.78 bits per heavy atom. The SMILES string of the molecule is O=C(OCCc1ccccc1)C(CCCCOS(=O)(=O)c1ccccc1)OS(=O)(=O)c1ccccc1. The van der Waals surface area contributed by atoms with Crippen molar-refractivity contribution in [3.8, 4) is 0 Å². The van der Waals surface area contributed by atoms with Crippen molar-refractivity contribution in [2.24, 2.45) is 0 Å². The molecule has 0 bridgehead atoms. The van der Waals surface area contributed by atoms with Gasteiger partial charge in [0.2, 0.25) is 0 Å². The number of hydrogen-bond acceptors (Lipinski definition) is 8. The molecule has 192 valence electrons. The minimum Gasteiger partial charge on any atom is -0.463 e. The maximum Gasteiger partial charge on any atom is 0.336 e. The summed E-state index contributed by atoms with van der Waals surface area (Å²) in [7, 11) is -8.11. The van der Waals surface area contributed by atoms with Gasteiger partial charge >= 0.3 is 5.97 Å². The Bertz CT molecular complexity index is 1290. The van der Waals surface area contributed by atoms with E-state index in [9.17, 15) is 21.6 Å². The van der Waals surface area contributed by atoms with Crippen molar-refractivity contribution in [2.45, 2.75) is 41.6 Å². The maximum absolute atomic E-state index is 12.7. The lowest BCUT2D eigenvalue weighted by Gasteiger charge is -2.17. The Balaban J connectivity index is 1.57. The Labute approximate surface area is 212 Å². The van der Waals surface area contributed by atoms with Crippen LogP contribution in [0, 0.1) is 0 Å². The molecule has 0 N–H and O–H groups in total. The lowest BCUT2D eigenvalue weighted by molar-refractivity contribution is -0.152. The summed E-state index contributed by atoms with van der Waals surface area (Å²) in [6.07, 6.45) is -0.375. The van der Waals surface area contributed by atoms with Crippen LogP contribution in [0.2, 0.25) is 0 Å². The average Bonchev–Trinajstić information content (AvgIpc) is 2.89. The third-order valence-corrected chi connectivity index (χ3v) is 7.81. The summed E-state index contributed by atoms with van der Waals surface area (Å²) >= 11 is 0. The molecule has 0 saturated carbocycles. The van der Waals surface area contributed by atoms with E-state index in [0.717, 1.165) is 5.56 Å². The van der Waals surface area contributed by atoms with E-state index in [1.807, 2.05) is 30.3 Å². The van der Waals surface area contributed by atoms with Crippen LogP contribution in [0.4, 0.5) is 0 Å². The smallest absolute Gasteiger partial charge is 0.336 e. The van der Waals surface area contributed by atoms with Crippen LogP contribution in [0.25, 0.3) is 0 Å². The zero-order chi connectivity index (χ0) is 25.9. The molecule has 1 atom stereocenters. The van der Waals surface area contributed by atoms with Crippen molar-refractivity contribution in [3.63, 3.8) is 0 Å². The molecule has 0 aliphatic carbocycles. The lowest BCUT2D eigenvalue weighted by atomic mass is 10.1. The molecule has 0 aliphatic rings. The van der Waals surface area contributed by atoms with Crippen molar-refractivity contribution >= 4 is 26.2 Å². The molecule has 0 amide bonds. The van der Waals surface area contributed by atoms with Gasteiger partial charge in [-0.3, -0.25) is 8.37 Å². The van der Waals surface area contributed by atoms with E-state index in [-0.39, 0.29) is 42.3 Å². The monoisotopic (exact) mass is 532 g/mol. The molecule has 10 heteroatoms. The molecule has 0 heterocycles. The van der Waals surface area contributed by atoms with Crippen molar-refractivity contribution < 1.29 is 34.7 Å². The summed E-state index contributed by atoms with van der Waals surface area (Å²) in [6, 6.07) is 24.7. The number of unbranched alkanes of at least 4 members (excludes halogenated alkanes) is 1. The van der Waals surface area contributed by atoms with Crippen molar-refractivity contribution in [1.82, 2.24) is 0 Å². The molecule has 0 aliphatic heterocycles. The number of carbonyl (C=O) groups excluding carboxylic acids is 1. The highest BCUT2D eigenvalue weighted by molar-refractivity contribution is 7.87. The van der Waals surface area contributed by atoms with Crippen LogP contribution in [0.3, 0.4) is 0 Å². The topological polar surface area (TPSA) is 113 Å². The minimum absolute atomic E-state index is 0.00494. The second kappa shape index (κ2) is 13.3. The molecule has 3 rings (SSSR count). The Kier molecular flexibility index (Phi) is 10.2. The molecule has 0 aromatic heterocycles. The average molecular weight is 533 g/mol. The van der Waals surface area contributed by atoms with Gasteiger partial charge in [0.15, 0.2) is 6.10 Å². The third-order valence-electron chi connectivity index (χ3n) is 5.15. The van der Waals surface area contributed by atoms with Gasteiger partial charge in [-0.15, -0.1) is 0 Å². The van der Waals surface area contributed by atoms with Gasteiger partial charge in [0.05, 0.1) is 23.0 Å². The zero-order valence-electron chi connectivity index (χ0n) is 19.6. The Morgan fingerprint density at radius 1 is 0.667 bits per heavy atom. The lowest BCUT2D eigenvalue weighted by Crippen LogP contribution is -2.30. The van der Waals surface area contributed by atoms with E-state index >= 15 is 0 Å². The van der Waals surface area contributed by atoms with Crippen LogP contribution in [-0.2, 0) is 44.6 Å². The first kappa shape index (κ1) is 27.5. The first-order valence-electron chi connectivity index (χ1n) is 11.4. The van der Waals surface area contributed by atoms with E-state index in [1.54, 1.807) is 36.4 Å². The van der Waals surface area contributed by atoms with Gasteiger partial charge in [-0.2, -0.15) is 16.8 Å². The van der Waals surface area contributed by atoms with E-state index < -0.39 is 32.3 Å². The van der Waals surface area contributed by atoms with Gasteiger partial charge in [-0.1, -0.05) is 66.7 Å². The number of benzene rings is 3. The number of esters is 1. The summed E-state index contributed by atoms with van der Waals surface area (Å²) in [5.74, 6) is -0.803. The molecule has 36 heavy (non-hydrogen) atoms. The van der Waals surface area contributed by atoms with Gasteiger partial charge in [0.1, 0.15) is 0 Å². The molecule has 3 aromatic carbocycles. The third kappa shape index (κ3) is 8.56. The second-order valence-corrected chi connectivity index (χ2v) is 11.0. The zero-order valence-corrected chi connectivity index (χ0v) is 21.2. The van der Waals surface area contributed by atoms with Crippen molar-refractivity contribution in [1.29, 1.82) is 0 Å². The van der Waals surface area contributed by atoms with Crippen molar-refractivity contribution in [2.75, 3.05) is 13.2 Å². The molecule has 0 fully saturated rings. The van der Waals surface area contributed by atoms with Crippen molar-refractivity contribution in [3.05, 3.63) is 96.6 Å². The number of carbonyl (C=O) groups is 1. The molecule has 3 aromatic rings. The highest BCUT2D eigenvalue weighted by Gasteiger charge is 2.28. The highest BCUT2D eigenvalue weighted by Crippen LogP contribution is 2.19. The number of ether oxygens (including phenoxy) is 1. The first-order chi connectivity index (χ1) is 17.3. The molecule has 0 saturated heterocycles. The molecule has 1 unspecified atom stereocenters. The van der Waals surface area contributed by atoms with Gasteiger partial charge in [0.25, 0.3) is 20.2 Å². The molecule has 0 radical (unpaired) electrons. The summed E-state index contributed by atoms with van der Waals surface area (Å²) in [5, 5.41) is 0. The number of rotatable bonds is 14. The fraction of sp³-hybridized carbons (Fsp3) is 0.269.